The maximum atomic E-state index is 12.9. The molecule has 0 unspecified atom stereocenters. The molecule has 6 nitrogen and oxygen atoms in total. The molecule has 0 aliphatic carbocycles. The highest BCUT2D eigenvalue weighted by Gasteiger charge is 2.16. The molecule has 0 fully saturated rings. The van der Waals surface area contributed by atoms with Crippen LogP contribution in [0.5, 0.6) is 0 Å². The third-order valence-corrected chi connectivity index (χ3v) is 7.26. The number of rotatable bonds is 6. The molecule has 0 bridgehead atoms. The fourth-order valence-corrected chi connectivity index (χ4v) is 5.54. The van der Waals surface area contributed by atoms with E-state index < -0.39 is 0 Å². The molecule has 0 spiro atoms. The van der Waals surface area contributed by atoms with Crippen LogP contribution in [-0.4, -0.2) is 24.7 Å². The lowest BCUT2D eigenvalue weighted by molar-refractivity contribution is 0.688. The zero-order chi connectivity index (χ0) is 22.1. The van der Waals surface area contributed by atoms with E-state index in [1.165, 1.54) is 28.7 Å². The Balaban J connectivity index is 1.41. The van der Waals surface area contributed by atoms with Gasteiger partial charge in [-0.2, -0.15) is 0 Å². The van der Waals surface area contributed by atoms with Crippen LogP contribution in [0.3, 0.4) is 0 Å². The van der Waals surface area contributed by atoms with E-state index in [2.05, 4.69) is 36.9 Å². The number of aromatic nitrogens is 5. The highest BCUT2D eigenvalue weighted by Crippen LogP contribution is 2.35. The molecule has 160 valence electrons. The second-order valence-corrected chi connectivity index (χ2v) is 9.42. The number of thioether (sulfide) groups is 1. The number of aromatic amines is 1. The summed E-state index contributed by atoms with van der Waals surface area (Å²) in [7, 11) is 0. The molecular weight excluding hydrogens is 462 g/mol. The second-order valence-electron chi connectivity index (χ2n) is 7.21. The zero-order valence-electron chi connectivity index (χ0n) is 17.1. The molecule has 0 saturated heterocycles. The van der Waals surface area contributed by atoms with Gasteiger partial charge in [0.1, 0.15) is 16.5 Å². The van der Waals surface area contributed by atoms with Crippen LogP contribution in [0, 0.1) is 6.92 Å². The van der Waals surface area contributed by atoms with Gasteiger partial charge in [0.15, 0.2) is 5.16 Å². The van der Waals surface area contributed by atoms with Crippen molar-refractivity contribution in [2.24, 2.45) is 0 Å². The van der Waals surface area contributed by atoms with E-state index in [1.807, 2.05) is 54.8 Å². The predicted molar refractivity (Wildman–Crippen MR) is 131 cm³/mol. The standard InChI is InChI=1S/C23H18ClN5OS2/c1-14-27-28-23(29(14)11-15-7-3-2-4-8-15)32-13-19-25-21(30)20-17(12-31-22(20)26-19)16-9-5-6-10-18(16)24/h2-10,12H,11,13H2,1H3,(H,25,26,30). The quantitative estimate of drug-likeness (QED) is 0.323. The van der Waals surface area contributed by atoms with Crippen molar-refractivity contribution in [3.05, 3.63) is 92.6 Å². The summed E-state index contributed by atoms with van der Waals surface area (Å²) in [6.07, 6.45) is 0. The first-order chi connectivity index (χ1) is 15.6. The number of fused-ring (bicyclic) bond motifs is 1. The molecule has 1 N–H and O–H groups in total. The normalized spacial score (nSPS) is 11.3. The minimum Gasteiger partial charge on any atom is -0.309 e. The van der Waals surface area contributed by atoms with Gasteiger partial charge in [-0.3, -0.25) is 4.79 Å². The number of nitrogens with one attached hydrogen (secondary N) is 1. The summed E-state index contributed by atoms with van der Waals surface area (Å²) in [5, 5.41) is 12.4. The van der Waals surface area contributed by atoms with Crippen molar-refractivity contribution >= 4 is 44.9 Å². The number of aryl methyl sites for hydroxylation is 1. The largest absolute Gasteiger partial charge is 0.309 e. The fraction of sp³-hybridized carbons (Fsp3) is 0.130. The fourth-order valence-electron chi connectivity index (χ4n) is 3.49. The molecule has 9 heteroatoms. The Bertz CT molecular complexity index is 1460. The summed E-state index contributed by atoms with van der Waals surface area (Å²) >= 11 is 9.29. The number of benzene rings is 2. The van der Waals surface area contributed by atoms with Crippen molar-refractivity contribution < 1.29 is 0 Å². The predicted octanol–water partition coefficient (Wildman–Crippen LogP) is 5.55. The third-order valence-electron chi connectivity index (χ3n) is 5.08. The Hall–Kier alpha value is -2.94. The highest BCUT2D eigenvalue weighted by molar-refractivity contribution is 7.98. The number of nitrogens with zero attached hydrogens (tertiary/aromatic N) is 4. The Morgan fingerprint density at radius 1 is 1.06 bits per heavy atom. The summed E-state index contributed by atoms with van der Waals surface area (Å²) in [5.41, 5.74) is 2.65. The molecule has 0 aliphatic heterocycles. The van der Waals surface area contributed by atoms with Gasteiger partial charge in [0, 0.05) is 21.5 Å². The molecule has 5 aromatic rings. The molecule has 0 radical (unpaired) electrons. The first-order valence-corrected chi connectivity index (χ1v) is 12.2. The van der Waals surface area contributed by atoms with Gasteiger partial charge in [-0.15, -0.1) is 21.5 Å². The van der Waals surface area contributed by atoms with Gasteiger partial charge < -0.3 is 9.55 Å². The number of hydrogen-bond donors (Lipinski definition) is 1. The van der Waals surface area contributed by atoms with Crippen molar-refractivity contribution in [1.29, 1.82) is 0 Å². The van der Waals surface area contributed by atoms with E-state index in [-0.39, 0.29) is 5.56 Å². The van der Waals surface area contributed by atoms with Crippen molar-refractivity contribution in [2.75, 3.05) is 0 Å². The summed E-state index contributed by atoms with van der Waals surface area (Å²) in [6, 6.07) is 17.7. The Labute approximate surface area is 197 Å². The number of hydrogen-bond acceptors (Lipinski definition) is 6. The smallest absolute Gasteiger partial charge is 0.260 e. The monoisotopic (exact) mass is 479 g/mol. The average molecular weight is 480 g/mol. The van der Waals surface area contributed by atoms with Gasteiger partial charge in [0.05, 0.1) is 17.7 Å². The molecule has 0 atom stereocenters. The summed E-state index contributed by atoms with van der Waals surface area (Å²) < 4.78 is 2.07. The van der Waals surface area contributed by atoms with Crippen molar-refractivity contribution in [3.63, 3.8) is 0 Å². The first-order valence-electron chi connectivity index (χ1n) is 9.92. The molecule has 3 aromatic heterocycles. The zero-order valence-corrected chi connectivity index (χ0v) is 19.5. The minimum absolute atomic E-state index is 0.163. The maximum Gasteiger partial charge on any atom is 0.260 e. The van der Waals surface area contributed by atoms with E-state index in [4.69, 9.17) is 11.6 Å². The molecule has 3 heterocycles. The molecule has 0 saturated carbocycles. The number of thiophene rings is 1. The van der Waals surface area contributed by atoms with E-state index in [1.54, 1.807) is 0 Å². The molecule has 0 amide bonds. The van der Waals surface area contributed by atoms with E-state index >= 15 is 0 Å². The molecule has 32 heavy (non-hydrogen) atoms. The summed E-state index contributed by atoms with van der Waals surface area (Å²) in [6.45, 7) is 2.63. The highest BCUT2D eigenvalue weighted by atomic mass is 35.5. The lowest BCUT2D eigenvalue weighted by Crippen LogP contribution is -2.11. The Kier molecular flexibility index (Phi) is 5.82. The van der Waals surface area contributed by atoms with Crippen LogP contribution in [0.2, 0.25) is 5.02 Å². The molecule has 5 rings (SSSR count). The van der Waals surface area contributed by atoms with Gasteiger partial charge >= 0.3 is 0 Å². The van der Waals surface area contributed by atoms with Crippen molar-refractivity contribution in [3.8, 4) is 11.1 Å². The molecule has 0 aliphatic rings. The lowest BCUT2D eigenvalue weighted by atomic mass is 10.1. The maximum absolute atomic E-state index is 12.9. The second kappa shape index (κ2) is 8.90. The number of H-pyrrole nitrogens is 1. The average Bonchev–Trinajstić information content (AvgIpc) is 3.38. The van der Waals surface area contributed by atoms with Gasteiger partial charge in [-0.05, 0) is 18.6 Å². The summed E-state index contributed by atoms with van der Waals surface area (Å²) in [4.78, 5) is 21.2. The van der Waals surface area contributed by atoms with Crippen LogP contribution >= 0.6 is 34.7 Å². The van der Waals surface area contributed by atoms with Gasteiger partial charge in [0.2, 0.25) is 0 Å². The van der Waals surface area contributed by atoms with E-state index in [0.717, 1.165) is 22.1 Å². The Morgan fingerprint density at radius 3 is 2.66 bits per heavy atom. The lowest BCUT2D eigenvalue weighted by Gasteiger charge is -2.08. The molecule has 2 aromatic carbocycles. The van der Waals surface area contributed by atoms with Gasteiger partial charge in [0.25, 0.3) is 5.56 Å². The first kappa shape index (κ1) is 20.9. The van der Waals surface area contributed by atoms with Crippen LogP contribution in [-0.2, 0) is 12.3 Å². The van der Waals surface area contributed by atoms with Crippen molar-refractivity contribution in [2.45, 2.75) is 24.4 Å². The minimum atomic E-state index is -0.163. The van der Waals surface area contributed by atoms with Gasteiger partial charge in [-0.1, -0.05) is 71.9 Å². The van der Waals surface area contributed by atoms with Crippen molar-refractivity contribution in [1.82, 2.24) is 24.7 Å². The SMILES string of the molecule is Cc1nnc(SCc2nc3scc(-c4ccccc4Cl)c3c(=O)[nH]2)n1Cc1ccccc1. The van der Waals surface area contributed by atoms with Crippen LogP contribution in [0.25, 0.3) is 21.3 Å². The van der Waals surface area contributed by atoms with E-state index in [9.17, 15) is 4.79 Å². The van der Waals surface area contributed by atoms with Crippen LogP contribution < -0.4 is 5.56 Å². The number of halogens is 1. The molecular formula is C23H18ClN5OS2. The topological polar surface area (TPSA) is 76.5 Å². The van der Waals surface area contributed by atoms with Gasteiger partial charge in [-0.25, -0.2) is 4.98 Å². The Morgan fingerprint density at radius 2 is 1.84 bits per heavy atom. The van der Waals surface area contributed by atoms with Crippen LogP contribution in [0.15, 0.2) is 69.9 Å². The van der Waals surface area contributed by atoms with E-state index in [0.29, 0.717) is 33.4 Å². The van der Waals surface area contributed by atoms with Crippen LogP contribution in [0.1, 0.15) is 17.2 Å². The summed E-state index contributed by atoms with van der Waals surface area (Å²) in [5.74, 6) is 1.93. The van der Waals surface area contributed by atoms with Crippen LogP contribution in [0.4, 0.5) is 0 Å². The third kappa shape index (κ3) is 4.09.